The molecule has 0 spiro atoms. The number of hydrogen-bond donors (Lipinski definition) is 1. The van der Waals surface area contributed by atoms with Crippen molar-refractivity contribution in [2.45, 2.75) is 39.7 Å². The standard InChI is InChI=1S/C10H16O2/c1-9(2)6-4-8(12)10(9,3)5-7(6)11/h6,8,12H,4-5H2,1-3H3/t6?,8-,10-/m1/s1. The molecule has 0 aromatic carbocycles. The molecule has 1 N–H and O–H groups in total. The number of hydrogen-bond acceptors (Lipinski definition) is 2. The minimum Gasteiger partial charge on any atom is -0.393 e. The van der Waals surface area contributed by atoms with Crippen molar-refractivity contribution in [2.24, 2.45) is 16.7 Å². The van der Waals surface area contributed by atoms with Crippen molar-refractivity contribution in [3.05, 3.63) is 0 Å². The van der Waals surface area contributed by atoms with Crippen molar-refractivity contribution in [1.29, 1.82) is 0 Å². The molecule has 2 aliphatic rings. The fourth-order valence-corrected chi connectivity index (χ4v) is 2.97. The molecule has 2 aliphatic carbocycles. The van der Waals surface area contributed by atoms with E-state index < -0.39 is 0 Å². The second-order valence-electron chi connectivity index (χ2n) is 5.09. The molecule has 2 fully saturated rings. The Labute approximate surface area is 73.0 Å². The van der Waals surface area contributed by atoms with Crippen LogP contribution < -0.4 is 0 Å². The number of ketones is 1. The van der Waals surface area contributed by atoms with Gasteiger partial charge >= 0.3 is 0 Å². The van der Waals surface area contributed by atoms with Crippen LogP contribution in [-0.2, 0) is 4.79 Å². The maximum absolute atomic E-state index is 11.5. The number of carbonyl (C=O) groups excluding carboxylic acids is 1. The molecule has 0 aromatic heterocycles. The fourth-order valence-electron chi connectivity index (χ4n) is 2.97. The summed E-state index contributed by atoms with van der Waals surface area (Å²) in [5.74, 6) is 0.463. The van der Waals surface area contributed by atoms with Crippen LogP contribution in [-0.4, -0.2) is 17.0 Å². The van der Waals surface area contributed by atoms with Gasteiger partial charge in [0, 0.05) is 17.8 Å². The van der Waals surface area contributed by atoms with Gasteiger partial charge in [0.15, 0.2) is 0 Å². The monoisotopic (exact) mass is 168 g/mol. The first kappa shape index (κ1) is 8.24. The van der Waals surface area contributed by atoms with E-state index in [0.29, 0.717) is 18.6 Å². The Hall–Kier alpha value is -0.370. The van der Waals surface area contributed by atoms with Crippen molar-refractivity contribution >= 4 is 5.78 Å². The fraction of sp³-hybridized carbons (Fsp3) is 0.900. The Morgan fingerprint density at radius 3 is 2.25 bits per heavy atom. The van der Waals surface area contributed by atoms with Gasteiger partial charge in [0.05, 0.1) is 6.10 Å². The predicted octanol–water partition coefficient (Wildman–Crippen LogP) is 1.37. The van der Waals surface area contributed by atoms with E-state index in [2.05, 4.69) is 13.8 Å². The Kier molecular flexibility index (Phi) is 1.32. The van der Waals surface area contributed by atoms with Crippen LogP contribution in [0, 0.1) is 16.7 Å². The lowest BCUT2D eigenvalue weighted by Gasteiger charge is -2.35. The molecule has 2 rings (SSSR count). The van der Waals surface area contributed by atoms with Gasteiger partial charge in [-0.25, -0.2) is 0 Å². The SMILES string of the molecule is CC1(C)C2C[C@@H](O)[C@@]1(C)CC2=O. The molecule has 0 amide bonds. The largest absolute Gasteiger partial charge is 0.393 e. The van der Waals surface area contributed by atoms with Gasteiger partial charge in [-0.2, -0.15) is 0 Å². The van der Waals surface area contributed by atoms with E-state index in [4.69, 9.17) is 0 Å². The summed E-state index contributed by atoms with van der Waals surface area (Å²) in [4.78, 5) is 11.5. The van der Waals surface area contributed by atoms with Crippen LogP contribution in [0.1, 0.15) is 33.6 Å². The zero-order valence-electron chi connectivity index (χ0n) is 7.92. The van der Waals surface area contributed by atoms with Gasteiger partial charge in [0.25, 0.3) is 0 Å². The van der Waals surface area contributed by atoms with Crippen molar-refractivity contribution in [1.82, 2.24) is 0 Å². The highest BCUT2D eigenvalue weighted by atomic mass is 16.3. The number of carbonyl (C=O) groups is 1. The first-order valence-corrected chi connectivity index (χ1v) is 4.60. The molecule has 2 nitrogen and oxygen atoms in total. The molecule has 0 aliphatic heterocycles. The summed E-state index contributed by atoms with van der Waals surface area (Å²) in [6.45, 7) is 6.26. The highest BCUT2D eigenvalue weighted by Crippen LogP contribution is 2.63. The molecule has 0 heterocycles. The van der Waals surface area contributed by atoms with Gasteiger partial charge in [-0.15, -0.1) is 0 Å². The highest BCUT2D eigenvalue weighted by Gasteiger charge is 2.65. The molecule has 3 atom stereocenters. The van der Waals surface area contributed by atoms with E-state index >= 15 is 0 Å². The molecule has 2 bridgehead atoms. The second-order valence-corrected chi connectivity index (χ2v) is 5.09. The third kappa shape index (κ3) is 0.634. The van der Waals surface area contributed by atoms with Crippen LogP contribution in [0.5, 0.6) is 0 Å². The molecule has 0 aromatic rings. The second kappa shape index (κ2) is 1.92. The smallest absolute Gasteiger partial charge is 0.137 e. The lowest BCUT2D eigenvalue weighted by atomic mass is 9.70. The van der Waals surface area contributed by atoms with Gasteiger partial charge in [-0.1, -0.05) is 20.8 Å². The molecule has 0 radical (unpaired) electrons. The van der Waals surface area contributed by atoms with Gasteiger partial charge in [-0.05, 0) is 11.8 Å². The summed E-state index contributed by atoms with van der Waals surface area (Å²) in [6, 6.07) is 0. The molecule has 0 saturated heterocycles. The molecular weight excluding hydrogens is 152 g/mol. The molecule has 2 saturated carbocycles. The summed E-state index contributed by atoms with van der Waals surface area (Å²) in [5, 5.41) is 9.78. The summed E-state index contributed by atoms with van der Waals surface area (Å²) >= 11 is 0. The van der Waals surface area contributed by atoms with E-state index in [0.717, 1.165) is 0 Å². The number of aliphatic hydroxyl groups is 1. The number of rotatable bonds is 0. The third-order valence-corrected chi connectivity index (χ3v) is 4.47. The topological polar surface area (TPSA) is 37.3 Å². The van der Waals surface area contributed by atoms with Crippen LogP contribution in [0.2, 0.25) is 0 Å². The Balaban J connectivity index is 2.47. The number of fused-ring (bicyclic) bond motifs is 2. The molecule has 2 heteroatoms. The zero-order chi connectivity index (χ0) is 9.15. The number of aliphatic hydroxyl groups excluding tert-OH is 1. The van der Waals surface area contributed by atoms with E-state index in [9.17, 15) is 9.90 Å². The Bertz CT molecular complexity index is 244. The van der Waals surface area contributed by atoms with Gasteiger partial charge < -0.3 is 5.11 Å². The summed E-state index contributed by atoms with van der Waals surface area (Å²) in [7, 11) is 0. The maximum Gasteiger partial charge on any atom is 0.137 e. The lowest BCUT2D eigenvalue weighted by Crippen LogP contribution is -2.35. The van der Waals surface area contributed by atoms with Gasteiger partial charge in [0.1, 0.15) is 5.78 Å². The average Bonchev–Trinajstić information content (AvgIpc) is 2.18. The number of Topliss-reactive ketones (excluding diaryl/α,β-unsaturated/α-hetero) is 1. The molecule has 12 heavy (non-hydrogen) atoms. The van der Waals surface area contributed by atoms with Crippen LogP contribution in [0.25, 0.3) is 0 Å². The third-order valence-electron chi connectivity index (χ3n) is 4.47. The predicted molar refractivity (Wildman–Crippen MR) is 45.6 cm³/mol. The summed E-state index contributed by atoms with van der Waals surface area (Å²) in [6.07, 6.45) is 0.990. The van der Waals surface area contributed by atoms with E-state index in [1.165, 1.54) is 0 Å². The summed E-state index contributed by atoms with van der Waals surface area (Å²) < 4.78 is 0. The van der Waals surface area contributed by atoms with Crippen LogP contribution in [0.15, 0.2) is 0 Å². The van der Waals surface area contributed by atoms with E-state index in [1.54, 1.807) is 0 Å². The average molecular weight is 168 g/mol. The van der Waals surface area contributed by atoms with Crippen molar-refractivity contribution in [2.75, 3.05) is 0 Å². The van der Waals surface area contributed by atoms with E-state index in [-0.39, 0.29) is 22.9 Å². The molecular formula is C10H16O2. The van der Waals surface area contributed by atoms with Gasteiger partial charge in [0.2, 0.25) is 0 Å². The minimum atomic E-state index is -0.268. The van der Waals surface area contributed by atoms with Crippen LogP contribution in [0.3, 0.4) is 0 Å². The maximum atomic E-state index is 11.5. The molecule has 1 unspecified atom stereocenters. The normalized spacial score (nSPS) is 50.2. The quantitative estimate of drug-likeness (QED) is 0.593. The molecule has 68 valence electrons. The van der Waals surface area contributed by atoms with Crippen molar-refractivity contribution in [3.8, 4) is 0 Å². The van der Waals surface area contributed by atoms with Crippen molar-refractivity contribution < 1.29 is 9.90 Å². The van der Waals surface area contributed by atoms with Gasteiger partial charge in [-0.3, -0.25) is 4.79 Å². The Morgan fingerprint density at radius 2 is 2.00 bits per heavy atom. The highest BCUT2D eigenvalue weighted by molar-refractivity contribution is 5.87. The first-order chi connectivity index (χ1) is 5.39. The van der Waals surface area contributed by atoms with Crippen LogP contribution >= 0.6 is 0 Å². The minimum absolute atomic E-state index is 0.00347. The van der Waals surface area contributed by atoms with E-state index in [1.807, 2.05) is 6.92 Å². The summed E-state index contributed by atoms with van der Waals surface area (Å²) in [5.41, 5.74) is -0.155. The lowest BCUT2D eigenvalue weighted by molar-refractivity contribution is -0.124. The first-order valence-electron chi connectivity index (χ1n) is 4.60. The van der Waals surface area contributed by atoms with Crippen molar-refractivity contribution in [3.63, 3.8) is 0 Å². The zero-order valence-corrected chi connectivity index (χ0v) is 7.92. The van der Waals surface area contributed by atoms with Crippen LogP contribution in [0.4, 0.5) is 0 Å². The Morgan fingerprint density at radius 1 is 1.42 bits per heavy atom.